The molecule has 4 heterocycles. The molecule has 12 heteroatoms. The number of anilines is 1. The molecule has 0 atom stereocenters. The van der Waals surface area contributed by atoms with Gasteiger partial charge in [-0.15, -0.1) is 5.10 Å². The molecule has 0 spiro atoms. The molecule has 34 heavy (non-hydrogen) atoms. The summed E-state index contributed by atoms with van der Waals surface area (Å²) in [5.41, 5.74) is 1.56. The van der Waals surface area contributed by atoms with Crippen molar-refractivity contribution in [2.45, 2.75) is 57.8 Å². The van der Waals surface area contributed by atoms with Crippen molar-refractivity contribution in [2.24, 2.45) is 0 Å². The number of nitrogens with zero attached hydrogens (tertiary/aromatic N) is 6. The first-order chi connectivity index (χ1) is 16.2. The Labute approximate surface area is 192 Å². The highest BCUT2D eigenvalue weighted by Gasteiger charge is 2.34. The Hall–Kier alpha value is -3.70. The van der Waals surface area contributed by atoms with Crippen molar-refractivity contribution < 1.29 is 18.0 Å². The molecule has 4 aromatic heterocycles. The number of rotatable bonds is 4. The summed E-state index contributed by atoms with van der Waals surface area (Å²) in [7, 11) is 0. The lowest BCUT2D eigenvalue weighted by Crippen LogP contribution is -2.40. The highest BCUT2D eigenvalue weighted by atomic mass is 19.4. The van der Waals surface area contributed by atoms with Gasteiger partial charge in [0.15, 0.2) is 17.0 Å². The van der Waals surface area contributed by atoms with Crippen LogP contribution in [0.2, 0.25) is 0 Å². The van der Waals surface area contributed by atoms with E-state index in [1.807, 2.05) is 19.9 Å². The molecule has 0 aromatic carbocycles. The first-order valence-corrected chi connectivity index (χ1v) is 11.0. The summed E-state index contributed by atoms with van der Waals surface area (Å²) < 4.78 is 42.1. The SMILES string of the molecule is Cc1cc(C)n2nnc(C(=O)NC3CCC(Nc4cccc5nc(C(F)(F)F)cn45)CC3)c2n1. The minimum Gasteiger partial charge on any atom is -0.368 e. The topological polar surface area (TPSA) is 102 Å². The Morgan fingerprint density at radius 3 is 2.56 bits per heavy atom. The second kappa shape index (κ2) is 8.26. The lowest BCUT2D eigenvalue weighted by molar-refractivity contribution is -0.140. The van der Waals surface area contributed by atoms with E-state index in [2.05, 4.69) is 30.9 Å². The maximum Gasteiger partial charge on any atom is 0.434 e. The van der Waals surface area contributed by atoms with Gasteiger partial charge in [0.25, 0.3) is 5.91 Å². The molecule has 1 fully saturated rings. The van der Waals surface area contributed by atoms with Gasteiger partial charge in [-0.1, -0.05) is 11.3 Å². The van der Waals surface area contributed by atoms with Gasteiger partial charge < -0.3 is 10.6 Å². The number of carbonyl (C=O) groups excluding carboxylic acids is 1. The number of hydrogen-bond donors (Lipinski definition) is 2. The van der Waals surface area contributed by atoms with Crippen molar-refractivity contribution in [3.63, 3.8) is 0 Å². The van der Waals surface area contributed by atoms with Crippen LogP contribution in [0, 0.1) is 13.8 Å². The molecule has 2 N–H and O–H groups in total. The monoisotopic (exact) mass is 472 g/mol. The van der Waals surface area contributed by atoms with E-state index in [0.717, 1.165) is 43.3 Å². The summed E-state index contributed by atoms with van der Waals surface area (Å²) in [5, 5.41) is 14.4. The number of halogens is 3. The molecule has 178 valence electrons. The minimum atomic E-state index is -4.50. The summed E-state index contributed by atoms with van der Waals surface area (Å²) in [5.74, 6) is 0.243. The lowest BCUT2D eigenvalue weighted by atomic mass is 9.91. The number of nitrogens with one attached hydrogen (secondary N) is 2. The number of imidazole rings is 1. The zero-order valence-corrected chi connectivity index (χ0v) is 18.6. The van der Waals surface area contributed by atoms with Crippen LogP contribution in [0.3, 0.4) is 0 Å². The van der Waals surface area contributed by atoms with Crippen LogP contribution in [0.1, 0.15) is 53.3 Å². The summed E-state index contributed by atoms with van der Waals surface area (Å²) in [6.45, 7) is 3.73. The van der Waals surface area contributed by atoms with Crippen molar-refractivity contribution >= 4 is 23.0 Å². The molecule has 1 amide bonds. The Kier molecular flexibility index (Phi) is 5.37. The van der Waals surface area contributed by atoms with E-state index < -0.39 is 11.9 Å². The van der Waals surface area contributed by atoms with E-state index >= 15 is 0 Å². The number of amides is 1. The molecule has 9 nitrogen and oxygen atoms in total. The standard InChI is InChI=1S/C22H23F3N8O/c1-12-10-13(2)33-20(26-12)19(30-31-33)21(34)28-15-8-6-14(7-9-15)27-17-4-3-5-18-29-16(11-32(17)18)22(23,24)25/h3-5,10-11,14-15,27H,6-9H2,1-2H3,(H,28,34). The van der Waals surface area contributed by atoms with Gasteiger partial charge in [-0.05, 0) is 57.7 Å². The molecule has 0 aliphatic heterocycles. The molecular formula is C22H23F3N8O. The number of aromatic nitrogens is 6. The normalized spacial score (nSPS) is 19.0. The third-order valence-corrected chi connectivity index (χ3v) is 6.09. The summed E-state index contributed by atoms with van der Waals surface area (Å²) in [6, 6.07) is 6.85. The fraction of sp³-hybridized carbons (Fsp3) is 0.409. The van der Waals surface area contributed by atoms with Crippen molar-refractivity contribution in [2.75, 3.05) is 5.32 Å². The Bertz CT molecular complexity index is 1370. The van der Waals surface area contributed by atoms with Crippen molar-refractivity contribution in [1.29, 1.82) is 0 Å². The zero-order chi connectivity index (χ0) is 24.0. The third kappa shape index (κ3) is 4.15. The maximum atomic E-state index is 13.0. The highest BCUT2D eigenvalue weighted by Crippen LogP contribution is 2.30. The van der Waals surface area contributed by atoms with Crippen molar-refractivity contribution in [3.8, 4) is 0 Å². The molecule has 5 rings (SSSR count). The van der Waals surface area contributed by atoms with Gasteiger partial charge in [0.1, 0.15) is 11.5 Å². The van der Waals surface area contributed by atoms with Gasteiger partial charge in [0, 0.05) is 29.7 Å². The quantitative estimate of drug-likeness (QED) is 0.471. The van der Waals surface area contributed by atoms with E-state index in [0.29, 0.717) is 11.5 Å². The third-order valence-electron chi connectivity index (χ3n) is 6.09. The molecule has 0 saturated heterocycles. The van der Waals surface area contributed by atoms with E-state index in [4.69, 9.17) is 0 Å². The first kappa shape index (κ1) is 22.1. The number of pyridine rings is 1. The number of fused-ring (bicyclic) bond motifs is 2. The molecular weight excluding hydrogens is 449 g/mol. The van der Waals surface area contributed by atoms with Crippen LogP contribution in [-0.2, 0) is 6.18 Å². The maximum absolute atomic E-state index is 13.0. The van der Waals surface area contributed by atoms with Gasteiger partial charge in [-0.25, -0.2) is 9.97 Å². The van der Waals surface area contributed by atoms with Gasteiger partial charge >= 0.3 is 6.18 Å². The van der Waals surface area contributed by atoms with Crippen LogP contribution < -0.4 is 10.6 Å². The van der Waals surface area contributed by atoms with Crippen LogP contribution in [0.25, 0.3) is 11.3 Å². The molecule has 1 aliphatic rings. The number of alkyl halides is 3. The van der Waals surface area contributed by atoms with E-state index in [-0.39, 0.29) is 29.3 Å². The van der Waals surface area contributed by atoms with Crippen LogP contribution in [0.4, 0.5) is 19.0 Å². The summed E-state index contributed by atoms with van der Waals surface area (Å²) in [4.78, 5) is 20.9. The van der Waals surface area contributed by atoms with Crippen LogP contribution in [0.15, 0.2) is 30.5 Å². The fourth-order valence-electron chi connectivity index (χ4n) is 4.43. The van der Waals surface area contributed by atoms with Crippen LogP contribution in [-0.4, -0.2) is 47.2 Å². The Morgan fingerprint density at radius 2 is 1.82 bits per heavy atom. The molecule has 0 radical (unpaired) electrons. The van der Waals surface area contributed by atoms with Gasteiger partial charge in [0.05, 0.1) is 0 Å². The second-order valence-corrected chi connectivity index (χ2v) is 8.64. The van der Waals surface area contributed by atoms with Crippen LogP contribution in [0.5, 0.6) is 0 Å². The van der Waals surface area contributed by atoms with Gasteiger partial charge in [-0.2, -0.15) is 17.7 Å². The highest BCUT2D eigenvalue weighted by molar-refractivity contribution is 5.97. The summed E-state index contributed by atoms with van der Waals surface area (Å²) >= 11 is 0. The first-order valence-electron chi connectivity index (χ1n) is 11.0. The van der Waals surface area contributed by atoms with E-state index in [1.54, 1.807) is 22.7 Å². The Balaban J connectivity index is 1.23. The molecule has 1 aliphatic carbocycles. The Morgan fingerprint density at radius 1 is 1.09 bits per heavy atom. The number of hydrogen-bond acceptors (Lipinski definition) is 6. The van der Waals surface area contributed by atoms with E-state index in [9.17, 15) is 18.0 Å². The zero-order valence-electron chi connectivity index (χ0n) is 18.6. The van der Waals surface area contributed by atoms with Gasteiger partial charge in [0.2, 0.25) is 0 Å². The average molecular weight is 472 g/mol. The molecule has 0 unspecified atom stereocenters. The average Bonchev–Trinajstić information content (AvgIpc) is 3.40. The number of aryl methyl sites for hydroxylation is 2. The number of carbonyl (C=O) groups is 1. The largest absolute Gasteiger partial charge is 0.434 e. The lowest BCUT2D eigenvalue weighted by Gasteiger charge is -2.30. The van der Waals surface area contributed by atoms with Gasteiger partial charge in [-0.3, -0.25) is 9.20 Å². The smallest absolute Gasteiger partial charge is 0.368 e. The summed E-state index contributed by atoms with van der Waals surface area (Å²) in [6.07, 6.45) is -0.544. The van der Waals surface area contributed by atoms with Crippen molar-refractivity contribution in [1.82, 2.24) is 34.5 Å². The predicted octanol–water partition coefficient (Wildman–Crippen LogP) is 3.56. The molecule has 0 bridgehead atoms. The van der Waals surface area contributed by atoms with E-state index in [1.165, 1.54) is 4.40 Å². The fourth-order valence-corrected chi connectivity index (χ4v) is 4.43. The van der Waals surface area contributed by atoms with Crippen LogP contribution >= 0.6 is 0 Å². The minimum absolute atomic E-state index is 0.0333. The predicted molar refractivity (Wildman–Crippen MR) is 118 cm³/mol. The molecule has 4 aromatic rings. The second-order valence-electron chi connectivity index (χ2n) is 8.64. The molecule has 1 saturated carbocycles. The van der Waals surface area contributed by atoms with Crippen molar-refractivity contribution in [3.05, 3.63) is 53.2 Å².